The molecule has 4 heteroatoms. The van der Waals surface area contributed by atoms with E-state index in [4.69, 9.17) is 0 Å². The first-order valence-electron chi connectivity index (χ1n) is 9.11. The largest absolute Gasteiger partial charge is 0.334 e. The normalized spacial score (nSPS) is 17.0. The molecule has 2 atom stereocenters. The monoisotopic (exact) mass is 337 g/mol. The van der Waals surface area contributed by atoms with E-state index < -0.39 is 0 Å². The minimum Gasteiger partial charge on any atom is -0.334 e. The van der Waals surface area contributed by atoms with Crippen molar-refractivity contribution < 1.29 is 4.79 Å². The van der Waals surface area contributed by atoms with Crippen LogP contribution in [0, 0.1) is 0 Å². The van der Waals surface area contributed by atoms with Crippen molar-refractivity contribution in [2.24, 2.45) is 0 Å². The summed E-state index contributed by atoms with van der Waals surface area (Å²) in [6.07, 6.45) is 2.46. The number of likely N-dealkylation sites (tertiary alicyclic amines) is 1. The van der Waals surface area contributed by atoms with Gasteiger partial charge in [0.2, 0.25) is 0 Å². The molecule has 1 fully saturated rings. The third-order valence-corrected chi connectivity index (χ3v) is 4.80. The van der Waals surface area contributed by atoms with Gasteiger partial charge in [-0.25, -0.2) is 4.79 Å². The summed E-state index contributed by atoms with van der Waals surface area (Å²) in [7, 11) is 0. The lowest BCUT2D eigenvalue weighted by atomic mass is 9.99. The van der Waals surface area contributed by atoms with Gasteiger partial charge in [-0.2, -0.15) is 0 Å². The number of rotatable bonds is 6. The zero-order valence-electron chi connectivity index (χ0n) is 14.8. The summed E-state index contributed by atoms with van der Waals surface area (Å²) in [4.78, 5) is 14.8. The van der Waals surface area contributed by atoms with Crippen molar-refractivity contribution in [2.75, 3.05) is 13.1 Å². The number of hydrogen-bond acceptors (Lipinski definition) is 2. The van der Waals surface area contributed by atoms with Gasteiger partial charge in [0.1, 0.15) is 0 Å². The highest BCUT2D eigenvalue weighted by molar-refractivity contribution is 5.74. The molecule has 2 aromatic rings. The highest BCUT2D eigenvalue weighted by atomic mass is 16.2. The number of nitrogens with one attached hydrogen (secondary N) is 2. The first kappa shape index (κ1) is 17.5. The van der Waals surface area contributed by atoms with E-state index in [-0.39, 0.29) is 18.1 Å². The molecule has 0 unspecified atom stereocenters. The molecule has 0 aliphatic carbocycles. The Balaban J connectivity index is 1.61. The number of amides is 2. The average molecular weight is 337 g/mol. The van der Waals surface area contributed by atoms with E-state index in [0.29, 0.717) is 6.54 Å². The van der Waals surface area contributed by atoms with E-state index in [1.54, 1.807) is 0 Å². The Morgan fingerprint density at radius 3 is 2.24 bits per heavy atom. The Hall–Kier alpha value is -2.33. The lowest BCUT2D eigenvalue weighted by Crippen LogP contribution is -2.47. The smallest absolute Gasteiger partial charge is 0.315 e. The van der Waals surface area contributed by atoms with Gasteiger partial charge in [-0.15, -0.1) is 0 Å². The van der Waals surface area contributed by atoms with Gasteiger partial charge in [0.15, 0.2) is 0 Å². The summed E-state index contributed by atoms with van der Waals surface area (Å²) in [6.45, 7) is 4.83. The molecule has 0 aromatic heterocycles. The molecule has 1 aliphatic rings. The summed E-state index contributed by atoms with van der Waals surface area (Å²) >= 11 is 0. The van der Waals surface area contributed by atoms with Crippen molar-refractivity contribution in [2.45, 2.75) is 38.4 Å². The molecular weight excluding hydrogens is 310 g/mol. The first-order chi connectivity index (χ1) is 12.2. The van der Waals surface area contributed by atoms with Gasteiger partial charge in [-0.3, -0.25) is 4.90 Å². The number of carbonyl (C=O) groups is 1. The van der Waals surface area contributed by atoms with Crippen LogP contribution in [0.25, 0.3) is 0 Å². The van der Waals surface area contributed by atoms with E-state index in [9.17, 15) is 4.79 Å². The molecule has 132 valence electrons. The Bertz CT molecular complexity index is 653. The Morgan fingerprint density at radius 1 is 1.00 bits per heavy atom. The highest BCUT2D eigenvalue weighted by Gasteiger charge is 2.29. The van der Waals surface area contributed by atoms with Gasteiger partial charge in [-0.1, -0.05) is 60.7 Å². The lowest BCUT2D eigenvalue weighted by Gasteiger charge is -2.33. The molecule has 1 saturated heterocycles. The van der Waals surface area contributed by atoms with Crippen LogP contribution in [-0.4, -0.2) is 30.1 Å². The maximum atomic E-state index is 12.3. The van der Waals surface area contributed by atoms with Gasteiger partial charge < -0.3 is 10.6 Å². The van der Waals surface area contributed by atoms with Crippen molar-refractivity contribution in [1.29, 1.82) is 0 Å². The van der Waals surface area contributed by atoms with E-state index in [0.717, 1.165) is 18.7 Å². The molecular formula is C21H27N3O. The SMILES string of the molecule is C[C@@H](NC(=O)NCc1ccccc1)[C@H](c1ccccc1)N1CCCC1. The third-order valence-electron chi connectivity index (χ3n) is 4.80. The van der Waals surface area contributed by atoms with Crippen molar-refractivity contribution in [3.8, 4) is 0 Å². The molecule has 1 heterocycles. The van der Waals surface area contributed by atoms with Crippen molar-refractivity contribution >= 4 is 6.03 Å². The Labute approximate surface area is 150 Å². The lowest BCUT2D eigenvalue weighted by molar-refractivity contribution is 0.193. The van der Waals surface area contributed by atoms with E-state index >= 15 is 0 Å². The summed E-state index contributed by atoms with van der Waals surface area (Å²) in [5.41, 5.74) is 2.37. The summed E-state index contributed by atoms with van der Waals surface area (Å²) < 4.78 is 0. The minimum atomic E-state index is -0.114. The van der Waals surface area contributed by atoms with Gasteiger partial charge in [0.05, 0.1) is 6.04 Å². The molecule has 3 rings (SSSR count). The quantitative estimate of drug-likeness (QED) is 0.844. The fourth-order valence-electron chi connectivity index (χ4n) is 3.60. The first-order valence-corrected chi connectivity index (χ1v) is 9.11. The third kappa shape index (κ3) is 4.83. The number of urea groups is 1. The Kier molecular flexibility index (Phi) is 6.07. The van der Waals surface area contributed by atoms with Crippen LogP contribution < -0.4 is 10.6 Å². The maximum absolute atomic E-state index is 12.3. The van der Waals surface area contributed by atoms with Crippen LogP contribution in [0.3, 0.4) is 0 Å². The van der Waals surface area contributed by atoms with Gasteiger partial charge in [-0.05, 0) is 44.0 Å². The fourth-order valence-corrected chi connectivity index (χ4v) is 3.60. The molecule has 2 aromatic carbocycles. The van der Waals surface area contributed by atoms with Crippen LogP contribution in [0.5, 0.6) is 0 Å². The fraction of sp³-hybridized carbons (Fsp3) is 0.381. The van der Waals surface area contributed by atoms with Crippen molar-refractivity contribution in [1.82, 2.24) is 15.5 Å². The van der Waals surface area contributed by atoms with Crippen LogP contribution in [0.1, 0.15) is 36.9 Å². The van der Waals surface area contributed by atoms with Gasteiger partial charge >= 0.3 is 6.03 Å². The zero-order valence-corrected chi connectivity index (χ0v) is 14.8. The number of benzene rings is 2. The van der Waals surface area contributed by atoms with Crippen LogP contribution in [0.4, 0.5) is 4.79 Å². The predicted molar refractivity (Wildman–Crippen MR) is 101 cm³/mol. The molecule has 2 amide bonds. The average Bonchev–Trinajstić information content (AvgIpc) is 3.16. The summed E-state index contributed by atoms with van der Waals surface area (Å²) in [5.74, 6) is 0. The molecule has 1 aliphatic heterocycles. The van der Waals surface area contributed by atoms with E-state index in [2.05, 4.69) is 46.7 Å². The zero-order chi connectivity index (χ0) is 17.5. The molecule has 0 radical (unpaired) electrons. The van der Waals surface area contributed by atoms with Crippen LogP contribution >= 0.6 is 0 Å². The molecule has 2 N–H and O–H groups in total. The molecule has 0 saturated carbocycles. The molecule has 4 nitrogen and oxygen atoms in total. The second kappa shape index (κ2) is 8.67. The van der Waals surface area contributed by atoms with Crippen LogP contribution in [0.15, 0.2) is 60.7 Å². The second-order valence-electron chi connectivity index (χ2n) is 6.70. The highest BCUT2D eigenvalue weighted by Crippen LogP contribution is 2.28. The number of nitrogens with zero attached hydrogens (tertiary/aromatic N) is 1. The Morgan fingerprint density at radius 2 is 1.60 bits per heavy atom. The van der Waals surface area contributed by atoms with Gasteiger partial charge in [0, 0.05) is 12.6 Å². The topological polar surface area (TPSA) is 44.4 Å². The van der Waals surface area contributed by atoms with Crippen molar-refractivity contribution in [3.63, 3.8) is 0 Å². The van der Waals surface area contributed by atoms with E-state index in [1.165, 1.54) is 18.4 Å². The molecule has 0 spiro atoms. The number of hydrogen-bond donors (Lipinski definition) is 2. The molecule has 25 heavy (non-hydrogen) atoms. The predicted octanol–water partition coefficient (Wildman–Crippen LogP) is 3.71. The number of carbonyl (C=O) groups excluding carboxylic acids is 1. The molecule has 0 bridgehead atoms. The standard InChI is InChI=1S/C21H27N3O/c1-17(23-21(25)22-16-18-10-4-2-5-11-18)20(24-14-8-9-15-24)19-12-6-3-7-13-19/h2-7,10-13,17,20H,8-9,14-16H2,1H3,(H2,22,23,25)/t17-,20-/m1/s1. The summed E-state index contributed by atoms with van der Waals surface area (Å²) in [6, 6.07) is 20.6. The van der Waals surface area contributed by atoms with Gasteiger partial charge in [0.25, 0.3) is 0 Å². The van der Waals surface area contributed by atoms with Crippen molar-refractivity contribution in [3.05, 3.63) is 71.8 Å². The minimum absolute atomic E-state index is 0.0382. The van der Waals surface area contributed by atoms with E-state index in [1.807, 2.05) is 36.4 Å². The van der Waals surface area contributed by atoms with Crippen LogP contribution in [-0.2, 0) is 6.54 Å². The van der Waals surface area contributed by atoms with Crippen LogP contribution in [0.2, 0.25) is 0 Å². The summed E-state index contributed by atoms with van der Waals surface area (Å²) in [5, 5.41) is 6.09. The second-order valence-corrected chi connectivity index (χ2v) is 6.70. The maximum Gasteiger partial charge on any atom is 0.315 e.